The Hall–Kier alpha value is -2.49. The van der Waals surface area contributed by atoms with Crippen molar-refractivity contribution < 1.29 is 24.1 Å². The molecule has 0 radical (unpaired) electrons. The standard InChI is InChI=1S/C11H15BrN4O3.C2H4O2/c1-17-7-4-6(5-15-16-11(13)14)8(12)10(19-3)9(7)18-2;1-2(3)4/h4-5H,1-3H3,(H4,13,14,16);1H3,(H,3,4)/b15-5+;. The van der Waals surface area contributed by atoms with E-state index in [-0.39, 0.29) is 5.96 Å². The fourth-order valence-corrected chi connectivity index (χ4v) is 1.95. The maximum absolute atomic E-state index is 9.00. The largest absolute Gasteiger partial charge is 0.493 e. The number of benzene rings is 1. The number of carbonyl (C=O) groups is 1. The third kappa shape index (κ3) is 6.87. The molecule has 0 amide bonds. The Labute approximate surface area is 142 Å². The van der Waals surface area contributed by atoms with Crippen molar-refractivity contribution >= 4 is 34.1 Å². The van der Waals surface area contributed by atoms with Crippen LogP contribution in [0.1, 0.15) is 12.5 Å². The van der Waals surface area contributed by atoms with Gasteiger partial charge in [0.05, 0.1) is 32.0 Å². The second-order valence-electron chi connectivity index (χ2n) is 3.84. The first-order valence-electron chi connectivity index (χ1n) is 6.08. The average molecular weight is 391 g/mol. The SMILES string of the molecule is CC(=O)O.COc1cc(/C=N/N=C(N)N)c(Br)c(OC)c1OC. The van der Waals surface area contributed by atoms with E-state index in [0.717, 1.165) is 6.92 Å². The highest BCUT2D eigenvalue weighted by Gasteiger charge is 2.18. The summed E-state index contributed by atoms with van der Waals surface area (Å²) in [5, 5.41) is 14.7. The fraction of sp³-hybridized carbons (Fsp3) is 0.308. The van der Waals surface area contributed by atoms with Gasteiger partial charge in [-0.25, -0.2) is 0 Å². The van der Waals surface area contributed by atoms with Crippen molar-refractivity contribution in [3.05, 3.63) is 16.1 Å². The number of hydrogen-bond acceptors (Lipinski definition) is 6. The Morgan fingerprint density at radius 3 is 2.13 bits per heavy atom. The van der Waals surface area contributed by atoms with Gasteiger partial charge in [-0.05, 0) is 22.0 Å². The molecule has 0 aliphatic carbocycles. The van der Waals surface area contributed by atoms with Gasteiger partial charge in [-0.15, -0.1) is 5.10 Å². The van der Waals surface area contributed by atoms with Crippen LogP contribution < -0.4 is 25.7 Å². The summed E-state index contributed by atoms with van der Waals surface area (Å²) in [6, 6.07) is 1.72. The molecule has 5 N–H and O–H groups in total. The van der Waals surface area contributed by atoms with Gasteiger partial charge in [0.1, 0.15) is 0 Å². The lowest BCUT2D eigenvalue weighted by molar-refractivity contribution is -0.134. The summed E-state index contributed by atoms with van der Waals surface area (Å²) in [6.45, 7) is 1.08. The smallest absolute Gasteiger partial charge is 0.300 e. The molecule has 0 aromatic heterocycles. The second-order valence-corrected chi connectivity index (χ2v) is 4.63. The second kappa shape index (κ2) is 10.3. The number of hydrogen-bond donors (Lipinski definition) is 3. The molecule has 0 saturated heterocycles. The Morgan fingerprint density at radius 1 is 1.22 bits per heavy atom. The van der Waals surface area contributed by atoms with Gasteiger partial charge in [0.2, 0.25) is 11.7 Å². The molecule has 23 heavy (non-hydrogen) atoms. The molecule has 9 nitrogen and oxygen atoms in total. The van der Waals surface area contributed by atoms with Gasteiger partial charge in [-0.1, -0.05) is 0 Å². The molecule has 128 valence electrons. The van der Waals surface area contributed by atoms with Crippen LogP contribution >= 0.6 is 15.9 Å². The van der Waals surface area contributed by atoms with E-state index in [9.17, 15) is 0 Å². The topological polar surface area (TPSA) is 142 Å². The van der Waals surface area contributed by atoms with Gasteiger partial charge >= 0.3 is 0 Å². The molecular weight excluding hydrogens is 372 g/mol. The van der Waals surface area contributed by atoms with E-state index in [1.165, 1.54) is 27.5 Å². The van der Waals surface area contributed by atoms with Gasteiger partial charge in [0, 0.05) is 12.5 Å². The van der Waals surface area contributed by atoms with Gasteiger partial charge < -0.3 is 30.8 Å². The van der Waals surface area contributed by atoms with Gasteiger partial charge in [0.15, 0.2) is 11.5 Å². The van der Waals surface area contributed by atoms with Crippen LogP contribution in [0.15, 0.2) is 20.7 Å². The van der Waals surface area contributed by atoms with Crippen LogP contribution in [0.4, 0.5) is 0 Å². The van der Waals surface area contributed by atoms with E-state index < -0.39 is 5.97 Å². The van der Waals surface area contributed by atoms with Crippen molar-refractivity contribution in [3.63, 3.8) is 0 Å². The van der Waals surface area contributed by atoms with Crippen LogP contribution in [0.5, 0.6) is 17.2 Å². The number of rotatable bonds is 5. The van der Waals surface area contributed by atoms with Gasteiger partial charge in [-0.3, -0.25) is 4.79 Å². The molecule has 1 aromatic rings. The molecule has 0 bridgehead atoms. The van der Waals surface area contributed by atoms with E-state index in [1.54, 1.807) is 6.07 Å². The lowest BCUT2D eigenvalue weighted by Crippen LogP contribution is -2.21. The average Bonchev–Trinajstić information content (AvgIpc) is 2.47. The van der Waals surface area contributed by atoms with Crippen molar-refractivity contribution in [3.8, 4) is 17.2 Å². The summed E-state index contributed by atoms with van der Waals surface area (Å²) < 4.78 is 16.4. The third-order valence-electron chi connectivity index (χ3n) is 2.17. The summed E-state index contributed by atoms with van der Waals surface area (Å²) in [4.78, 5) is 9.00. The molecule has 0 fully saturated rings. The predicted molar refractivity (Wildman–Crippen MR) is 90.5 cm³/mol. The zero-order valence-corrected chi connectivity index (χ0v) is 14.7. The highest BCUT2D eigenvalue weighted by Crippen LogP contribution is 2.44. The molecule has 0 spiro atoms. The Kier molecular flexibility index (Phi) is 9.16. The number of carboxylic acid groups (broad SMARTS) is 1. The molecule has 10 heteroatoms. The van der Waals surface area contributed by atoms with E-state index in [0.29, 0.717) is 27.3 Å². The van der Waals surface area contributed by atoms with Crippen molar-refractivity contribution in [2.45, 2.75) is 6.92 Å². The fourth-order valence-electron chi connectivity index (χ4n) is 1.39. The minimum absolute atomic E-state index is 0.125. The summed E-state index contributed by atoms with van der Waals surface area (Å²) in [7, 11) is 4.58. The van der Waals surface area contributed by atoms with Crippen LogP contribution in [0.3, 0.4) is 0 Å². The predicted octanol–water partition coefficient (Wildman–Crippen LogP) is 1.17. The molecule has 0 unspecified atom stereocenters. The van der Waals surface area contributed by atoms with Crippen molar-refractivity contribution in [2.75, 3.05) is 21.3 Å². The van der Waals surface area contributed by atoms with E-state index >= 15 is 0 Å². The number of ether oxygens (including phenoxy) is 3. The first-order chi connectivity index (χ1) is 10.8. The summed E-state index contributed by atoms with van der Waals surface area (Å²) in [5.74, 6) is 0.525. The third-order valence-corrected chi connectivity index (χ3v) is 2.99. The van der Waals surface area contributed by atoms with Crippen LogP contribution in [0.25, 0.3) is 0 Å². The molecule has 0 saturated carbocycles. The highest BCUT2D eigenvalue weighted by molar-refractivity contribution is 9.10. The zero-order valence-electron chi connectivity index (χ0n) is 13.2. The van der Waals surface area contributed by atoms with E-state index in [4.69, 9.17) is 35.6 Å². The summed E-state index contributed by atoms with van der Waals surface area (Å²) in [5.41, 5.74) is 11.1. The summed E-state index contributed by atoms with van der Waals surface area (Å²) >= 11 is 3.40. The number of halogens is 1. The quantitative estimate of drug-likeness (QED) is 0.389. The maximum Gasteiger partial charge on any atom is 0.300 e. The minimum atomic E-state index is -0.833. The highest BCUT2D eigenvalue weighted by atomic mass is 79.9. The summed E-state index contributed by atoms with van der Waals surface area (Å²) in [6.07, 6.45) is 1.47. The van der Waals surface area contributed by atoms with Crippen LogP contribution in [-0.4, -0.2) is 44.6 Å². The number of nitrogens with zero attached hydrogens (tertiary/aromatic N) is 2. The molecule has 1 aromatic carbocycles. The molecule has 0 aliphatic rings. The number of carboxylic acids is 1. The van der Waals surface area contributed by atoms with E-state index in [2.05, 4.69) is 26.1 Å². The van der Waals surface area contributed by atoms with Crippen molar-refractivity contribution in [1.82, 2.24) is 0 Å². The van der Waals surface area contributed by atoms with Crippen LogP contribution in [-0.2, 0) is 4.79 Å². The molecule has 0 aliphatic heterocycles. The number of methoxy groups -OCH3 is 3. The molecule has 0 heterocycles. The minimum Gasteiger partial charge on any atom is -0.493 e. The first-order valence-corrected chi connectivity index (χ1v) is 6.87. The monoisotopic (exact) mass is 390 g/mol. The van der Waals surface area contributed by atoms with Gasteiger partial charge in [-0.2, -0.15) is 5.10 Å². The number of aliphatic carboxylic acids is 1. The molecule has 1 rings (SSSR count). The maximum atomic E-state index is 9.00. The normalized spacial score (nSPS) is 9.61. The van der Waals surface area contributed by atoms with Crippen molar-refractivity contribution in [1.29, 1.82) is 0 Å². The Balaban J connectivity index is 0.00000108. The molecular formula is C13H19BrN4O5. The van der Waals surface area contributed by atoms with Crippen molar-refractivity contribution in [2.24, 2.45) is 21.7 Å². The Bertz CT molecular complexity index is 597. The van der Waals surface area contributed by atoms with Crippen LogP contribution in [0, 0.1) is 0 Å². The number of guanidine groups is 1. The Morgan fingerprint density at radius 2 is 1.74 bits per heavy atom. The number of nitrogens with two attached hydrogens (primary N) is 2. The lowest BCUT2D eigenvalue weighted by atomic mass is 10.2. The van der Waals surface area contributed by atoms with Gasteiger partial charge in [0.25, 0.3) is 5.97 Å². The van der Waals surface area contributed by atoms with Crippen LogP contribution in [0.2, 0.25) is 0 Å². The van der Waals surface area contributed by atoms with E-state index in [1.807, 2.05) is 0 Å². The first kappa shape index (κ1) is 20.5. The zero-order chi connectivity index (χ0) is 18.0. The molecule has 0 atom stereocenters. The lowest BCUT2D eigenvalue weighted by Gasteiger charge is -2.14.